The molecule has 7 heteroatoms. The summed E-state index contributed by atoms with van der Waals surface area (Å²) in [6, 6.07) is 3.65. The highest BCUT2D eigenvalue weighted by Gasteiger charge is 2.17. The molecule has 0 saturated heterocycles. The van der Waals surface area contributed by atoms with E-state index in [9.17, 15) is 0 Å². The Morgan fingerprint density at radius 1 is 1.27 bits per heavy atom. The Morgan fingerprint density at radius 2 is 1.93 bits per heavy atom. The van der Waals surface area contributed by atoms with Crippen LogP contribution in [0.2, 0.25) is 5.15 Å². The van der Waals surface area contributed by atoms with Gasteiger partial charge in [-0.1, -0.05) is 11.6 Å². The fourth-order valence-electron chi connectivity index (χ4n) is 1.13. The molecule has 0 aliphatic heterocycles. The summed E-state index contributed by atoms with van der Waals surface area (Å²) >= 11 is 5.76. The van der Waals surface area contributed by atoms with Crippen molar-refractivity contribution in [1.29, 1.82) is 0 Å². The molecule has 0 aliphatic rings. The van der Waals surface area contributed by atoms with E-state index in [-0.39, 0.29) is 10.6 Å². The quantitative estimate of drug-likeness (QED) is 0.537. The van der Waals surface area contributed by atoms with Crippen molar-refractivity contribution in [2.75, 3.05) is 0 Å². The van der Waals surface area contributed by atoms with Crippen molar-refractivity contribution in [1.82, 2.24) is 14.5 Å². The minimum absolute atomic E-state index is 0.0312. The van der Waals surface area contributed by atoms with Crippen molar-refractivity contribution in [3.05, 3.63) is 35.9 Å². The lowest BCUT2D eigenvalue weighted by atomic mass is 9.83. The number of hydrogen-bond donors (Lipinski definition) is 2. The number of hydrogen-bond acceptors (Lipinski definition) is 4. The summed E-state index contributed by atoms with van der Waals surface area (Å²) in [5.74, 6) is 0.384. The molecule has 2 N–H and O–H groups in total. The molecule has 2 heterocycles. The average Bonchev–Trinajstić information content (AvgIpc) is 2.69. The van der Waals surface area contributed by atoms with E-state index in [1.54, 1.807) is 17.0 Å². The van der Waals surface area contributed by atoms with Gasteiger partial charge in [0.2, 0.25) is 5.95 Å². The minimum atomic E-state index is -1.66. The number of halogens is 1. The first kappa shape index (κ1) is 10.2. The molecule has 0 amide bonds. The fourth-order valence-corrected chi connectivity index (χ4v) is 1.35. The van der Waals surface area contributed by atoms with Crippen LogP contribution in [0, 0.1) is 0 Å². The largest absolute Gasteiger partial charge is 0.493 e. The lowest BCUT2D eigenvalue weighted by Crippen LogP contribution is -2.32. The Morgan fingerprint density at radius 3 is 2.47 bits per heavy atom. The molecule has 0 aliphatic carbocycles. The van der Waals surface area contributed by atoms with Crippen LogP contribution >= 0.6 is 11.6 Å². The van der Waals surface area contributed by atoms with Crippen LogP contribution in [0.5, 0.6) is 0 Å². The van der Waals surface area contributed by atoms with Gasteiger partial charge in [-0.2, -0.15) is 0 Å². The van der Waals surface area contributed by atoms with E-state index in [4.69, 9.17) is 21.6 Å². The van der Waals surface area contributed by atoms with Crippen molar-refractivity contribution in [2.24, 2.45) is 0 Å². The second-order valence-corrected chi connectivity index (χ2v) is 3.24. The fraction of sp³-hybridized carbons (Fsp3) is 0. The highest BCUT2D eigenvalue weighted by molar-refractivity contribution is 6.62. The SMILES string of the molecule is OB(O)c1cnc(-n2cccc2)nc1Cl. The zero-order valence-electron chi connectivity index (χ0n) is 7.58. The summed E-state index contributed by atoms with van der Waals surface area (Å²) in [4.78, 5) is 7.88. The zero-order valence-corrected chi connectivity index (χ0v) is 8.33. The smallest absolute Gasteiger partial charge is 0.423 e. The molecule has 76 valence electrons. The molecule has 0 bridgehead atoms. The van der Waals surface area contributed by atoms with Gasteiger partial charge in [0.15, 0.2) is 0 Å². The molecular weight excluding hydrogens is 216 g/mol. The third-order valence-corrected chi connectivity index (χ3v) is 2.17. The van der Waals surface area contributed by atoms with E-state index in [2.05, 4.69) is 9.97 Å². The van der Waals surface area contributed by atoms with Gasteiger partial charge in [0.1, 0.15) is 5.15 Å². The third-order valence-electron chi connectivity index (χ3n) is 1.87. The summed E-state index contributed by atoms with van der Waals surface area (Å²) < 4.78 is 1.67. The predicted molar refractivity (Wildman–Crippen MR) is 56.2 cm³/mol. The van der Waals surface area contributed by atoms with Gasteiger partial charge in [-0.25, -0.2) is 9.97 Å². The molecule has 0 spiro atoms. The molecule has 15 heavy (non-hydrogen) atoms. The Kier molecular flexibility index (Phi) is 2.72. The molecule has 0 radical (unpaired) electrons. The lowest BCUT2D eigenvalue weighted by molar-refractivity contribution is 0.425. The van der Waals surface area contributed by atoms with Crippen molar-refractivity contribution in [3.8, 4) is 5.95 Å². The van der Waals surface area contributed by atoms with Crippen LogP contribution in [-0.4, -0.2) is 31.7 Å². The standard InChI is InChI=1S/C8H7BClN3O2/c10-7-6(9(14)15)5-11-8(12-7)13-3-1-2-4-13/h1-5,14-15H. The van der Waals surface area contributed by atoms with Crippen molar-refractivity contribution < 1.29 is 10.0 Å². The van der Waals surface area contributed by atoms with E-state index in [0.29, 0.717) is 5.95 Å². The van der Waals surface area contributed by atoms with Crippen LogP contribution in [0.1, 0.15) is 0 Å². The van der Waals surface area contributed by atoms with Gasteiger partial charge in [0, 0.05) is 24.1 Å². The van der Waals surface area contributed by atoms with Gasteiger partial charge in [-0.15, -0.1) is 0 Å². The second kappa shape index (κ2) is 4.02. The van der Waals surface area contributed by atoms with Gasteiger partial charge in [-0.05, 0) is 12.1 Å². The first-order valence-electron chi connectivity index (χ1n) is 4.20. The Labute approximate surface area is 91.1 Å². The van der Waals surface area contributed by atoms with Gasteiger partial charge >= 0.3 is 7.12 Å². The molecule has 0 aromatic carbocycles. The monoisotopic (exact) mass is 223 g/mol. The highest BCUT2D eigenvalue weighted by atomic mass is 35.5. The molecule has 0 saturated carbocycles. The van der Waals surface area contributed by atoms with Gasteiger partial charge < -0.3 is 10.0 Å². The van der Waals surface area contributed by atoms with Crippen molar-refractivity contribution in [2.45, 2.75) is 0 Å². The summed E-state index contributed by atoms with van der Waals surface area (Å²) in [5.41, 5.74) is 0.0903. The van der Waals surface area contributed by atoms with Crippen LogP contribution in [0.15, 0.2) is 30.7 Å². The maximum absolute atomic E-state index is 8.91. The van der Waals surface area contributed by atoms with Crippen LogP contribution in [0.25, 0.3) is 5.95 Å². The van der Waals surface area contributed by atoms with Crippen LogP contribution < -0.4 is 5.46 Å². The van der Waals surface area contributed by atoms with E-state index < -0.39 is 7.12 Å². The molecule has 2 aromatic heterocycles. The van der Waals surface area contributed by atoms with E-state index in [1.807, 2.05) is 12.1 Å². The Balaban J connectivity index is 2.42. The third kappa shape index (κ3) is 2.01. The van der Waals surface area contributed by atoms with Gasteiger partial charge in [0.25, 0.3) is 0 Å². The summed E-state index contributed by atoms with van der Waals surface area (Å²) in [5, 5.41) is 17.9. The maximum atomic E-state index is 8.91. The first-order chi connectivity index (χ1) is 7.18. The van der Waals surface area contributed by atoms with Crippen molar-refractivity contribution >= 4 is 24.2 Å². The van der Waals surface area contributed by atoms with Gasteiger partial charge in [-0.3, -0.25) is 4.57 Å². The molecule has 2 rings (SSSR count). The van der Waals surface area contributed by atoms with Crippen LogP contribution in [0.3, 0.4) is 0 Å². The Bertz CT molecular complexity index is 461. The highest BCUT2D eigenvalue weighted by Crippen LogP contribution is 2.05. The summed E-state index contributed by atoms with van der Waals surface area (Å²) in [7, 11) is -1.66. The number of rotatable bonds is 2. The Hall–Kier alpha value is -1.37. The zero-order chi connectivity index (χ0) is 10.8. The molecule has 0 unspecified atom stereocenters. The van der Waals surface area contributed by atoms with Crippen LogP contribution in [0.4, 0.5) is 0 Å². The predicted octanol–water partition coefficient (Wildman–Crippen LogP) is -0.400. The second-order valence-electron chi connectivity index (χ2n) is 2.88. The molecule has 5 nitrogen and oxygen atoms in total. The molecule has 0 atom stereocenters. The number of nitrogens with zero attached hydrogens (tertiary/aromatic N) is 3. The first-order valence-corrected chi connectivity index (χ1v) is 4.58. The van der Waals surface area contributed by atoms with Crippen LogP contribution in [-0.2, 0) is 0 Å². The summed E-state index contributed by atoms with van der Waals surface area (Å²) in [6.07, 6.45) is 4.82. The topological polar surface area (TPSA) is 71.2 Å². The molecule has 2 aromatic rings. The lowest BCUT2D eigenvalue weighted by Gasteiger charge is -2.04. The minimum Gasteiger partial charge on any atom is -0.423 e. The average molecular weight is 223 g/mol. The van der Waals surface area contributed by atoms with E-state index >= 15 is 0 Å². The normalized spacial score (nSPS) is 10.3. The molecular formula is C8H7BClN3O2. The van der Waals surface area contributed by atoms with Gasteiger partial charge in [0.05, 0.1) is 0 Å². The maximum Gasteiger partial charge on any atom is 0.493 e. The van der Waals surface area contributed by atoms with Crippen molar-refractivity contribution in [3.63, 3.8) is 0 Å². The van der Waals surface area contributed by atoms with E-state index in [0.717, 1.165) is 0 Å². The molecule has 0 fully saturated rings. The van der Waals surface area contributed by atoms with E-state index in [1.165, 1.54) is 6.20 Å². The summed E-state index contributed by atoms with van der Waals surface area (Å²) in [6.45, 7) is 0. The number of aromatic nitrogens is 3.